The number of hydrogen-bond donors (Lipinski definition) is 3. The fourth-order valence-corrected chi connectivity index (χ4v) is 3.12. The molecule has 2 rings (SSSR count). The summed E-state index contributed by atoms with van der Waals surface area (Å²) >= 11 is 3.31. The van der Waals surface area contributed by atoms with Crippen molar-refractivity contribution >= 4 is 39.4 Å². The van der Waals surface area contributed by atoms with E-state index in [-0.39, 0.29) is 18.9 Å². The van der Waals surface area contributed by atoms with Crippen molar-refractivity contribution in [3.05, 3.63) is 22.2 Å². The molecule has 8 heteroatoms. The van der Waals surface area contributed by atoms with E-state index < -0.39 is 17.4 Å². The Morgan fingerprint density at radius 2 is 2.04 bits per heavy atom. The molecule has 0 saturated heterocycles. The van der Waals surface area contributed by atoms with Gasteiger partial charge in [-0.2, -0.15) is 0 Å². The molecule has 0 saturated carbocycles. The van der Waals surface area contributed by atoms with E-state index in [1.807, 2.05) is 13.8 Å². The van der Waals surface area contributed by atoms with Gasteiger partial charge in [-0.1, -0.05) is 13.8 Å². The zero-order valence-corrected chi connectivity index (χ0v) is 15.0. The maximum Gasteiger partial charge on any atom is 0.305 e. The zero-order valence-electron chi connectivity index (χ0n) is 13.4. The second-order valence-electron chi connectivity index (χ2n) is 5.68. The van der Waals surface area contributed by atoms with Crippen molar-refractivity contribution in [1.29, 1.82) is 0 Å². The minimum atomic E-state index is -0.963. The van der Waals surface area contributed by atoms with E-state index >= 15 is 0 Å². The molecule has 1 aromatic carbocycles. The van der Waals surface area contributed by atoms with Crippen LogP contribution in [-0.2, 0) is 9.59 Å². The first-order valence-electron chi connectivity index (χ1n) is 7.60. The van der Waals surface area contributed by atoms with Gasteiger partial charge in [0.2, 0.25) is 0 Å². The van der Waals surface area contributed by atoms with E-state index in [2.05, 4.69) is 26.6 Å². The summed E-state index contributed by atoms with van der Waals surface area (Å²) < 4.78 is 5.81. The third kappa shape index (κ3) is 3.87. The summed E-state index contributed by atoms with van der Waals surface area (Å²) in [6, 6.07) is 3.13. The van der Waals surface area contributed by atoms with Crippen LogP contribution in [0.15, 0.2) is 16.6 Å². The van der Waals surface area contributed by atoms with Gasteiger partial charge in [-0.15, -0.1) is 0 Å². The number of fused-ring (bicyclic) bond motifs is 1. The van der Waals surface area contributed by atoms with Crippen molar-refractivity contribution < 1.29 is 24.2 Å². The Labute approximate surface area is 147 Å². The first-order valence-corrected chi connectivity index (χ1v) is 8.40. The van der Waals surface area contributed by atoms with Crippen LogP contribution < -0.4 is 15.4 Å². The summed E-state index contributed by atoms with van der Waals surface area (Å²) in [5, 5.41) is 14.6. The molecule has 7 nitrogen and oxygen atoms in total. The summed E-state index contributed by atoms with van der Waals surface area (Å²) in [4.78, 5) is 35.1. The standard InChI is InChI=1S/C16H19BrN2O5/c1-3-16(4-2,7-14(21)22)19-15(23)9-5-12-11(6-10(9)17)18-13(20)8-24-12/h5-6H,3-4,7-8H2,1-2H3,(H,18,20)(H,19,23)(H,21,22). The van der Waals surface area contributed by atoms with Gasteiger partial charge in [-0.25, -0.2) is 0 Å². The fraction of sp³-hybridized carbons (Fsp3) is 0.438. The van der Waals surface area contributed by atoms with Crippen LogP contribution in [0.3, 0.4) is 0 Å². The number of carbonyl (C=O) groups is 3. The van der Waals surface area contributed by atoms with Gasteiger partial charge < -0.3 is 20.5 Å². The molecule has 0 aromatic heterocycles. The maximum absolute atomic E-state index is 12.7. The van der Waals surface area contributed by atoms with Gasteiger partial charge in [0.25, 0.3) is 11.8 Å². The molecular formula is C16H19BrN2O5. The van der Waals surface area contributed by atoms with Crippen LogP contribution in [0.2, 0.25) is 0 Å². The zero-order chi connectivity index (χ0) is 17.9. The number of amides is 2. The second-order valence-corrected chi connectivity index (χ2v) is 6.53. The lowest BCUT2D eigenvalue weighted by Crippen LogP contribution is -2.49. The van der Waals surface area contributed by atoms with E-state index in [1.54, 1.807) is 6.07 Å². The van der Waals surface area contributed by atoms with Gasteiger partial charge in [0.05, 0.1) is 23.2 Å². The van der Waals surface area contributed by atoms with Crippen LogP contribution in [0.4, 0.5) is 5.69 Å². The third-order valence-electron chi connectivity index (χ3n) is 4.17. The molecule has 0 aliphatic carbocycles. The highest BCUT2D eigenvalue weighted by Crippen LogP contribution is 2.34. The summed E-state index contributed by atoms with van der Waals surface area (Å²) in [7, 11) is 0. The lowest BCUT2D eigenvalue weighted by atomic mass is 9.88. The number of ether oxygens (including phenoxy) is 1. The fourth-order valence-electron chi connectivity index (χ4n) is 2.59. The Bertz CT molecular complexity index is 685. The molecule has 3 N–H and O–H groups in total. The molecule has 1 aliphatic rings. The van der Waals surface area contributed by atoms with E-state index in [0.29, 0.717) is 34.3 Å². The Hall–Kier alpha value is -2.09. The van der Waals surface area contributed by atoms with Crippen molar-refractivity contribution in [1.82, 2.24) is 5.32 Å². The smallest absolute Gasteiger partial charge is 0.305 e. The number of nitrogens with one attached hydrogen (secondary N) is 2. The van der Waals surface area contributed by atoms with Gasteiger partial charge in [0, 0.05) is 4.47 Å². The monoisotopic (exact) mass is 398 g/mol. The lowest BCUT2D eigenvalue weighted by Gasteiger charge is -2.31. The number of anilines is 1. The van der Waals surface area contributed by atoms with Gasteiger partial charge in [-0.3, -0.25) is 14.4 Å². The Balaban J connectivity index is 2.29. The van der Waals surface area contributed by atoms with Crippen molar-refractivity contribution in [2.24, 2.45) is 0 Å². The SMILES string of the molecule is CCC(CC)(CC(=O)O)NC(=O)c1cc2c(cc1Br)NC(=O)CO2. The minimum Gasteiger partial charge on any atom is -0.482 e. The molecule has 0 spiro atoms. The molecule has 2 amide bonds. The summed E-state index contributed by atoms with van der Waals surface area (Å²) in [5.41, 5.74) is -0.00752. The molecule has 0 fully saturated rings. The summed E-state index contributed by atoms with van der Waals surface area (Å²) in [6.07, 6.45) is 0.841. The number of benzene rings is 1. The molecular weight excluding hydrogens is 380 g/mol. The molecule has 1 aliphatic heterocycles. The van der Waals surface area contributed by atoms with Crippen molar-refractivity contribution in [2.45, 2.75) is 38.6 Å². The highest BCUT2D eigenvalue weighted by molar-refractivity contribution is 9.10. The number of hydrogen-bond acceptors (Lipinski definition) is 4. The average molecular weight is 399 g/mol. The van der Waals surface area contributed by atoms with Gasteiger partial charge in [-0.05, 0) is 40.9 Å². The van der Waals surface area contributed by atoms with Crippen LogP contribution in [0, 0.1) is 0 Å². The Morgan fingerprint density at radius 3 is 2.62 bits per heavy atom. The molecule has 1 aromatic rings. The number of rotatable bonds is 6. The molecule has 0 unspecified atom stereocenters. The molecule has 1 heterocycles. The quantitative estimate of drug-likeness (QED) is 0.682. The number of carboxylic acid groups (broad SMARTS) is 1. The molecule has 0 bridgehead atoms. The highest BCUT2D eigenvalue weighted by atomic mass is 79.9. The predicted molar refractivity (Wildman–Crippen MR) is 91.3 cm³/mol. The number of carboxylic acids is 1. The van der Waals surface area contributed by atoms with E-state index in [1.165, 1.54) is 6.07 Å². The first-order chi connectivity index (χ1) is 11.3. The van der Waals surface area contributed by atoms with Gasteiger partial charge in [0.1, 0.15) is 5.75 Å². The van der Waals surface area contributed by atoms with Crippen molar-refractivity contribution in [3.8, 4) is 5.75 Å². The summed E-state index contributed by atoms with van der Waals surface area (Å²) in [6.45, 7) is 3.57. The number of halogens is 1. The van der Waals surface area contributed by atoms with Gasteiger partial charge >= 0.3 is 5.97 Å². The van der Waals surface area contributed by atoms with Crippen LogP contribution in [-0.4, -0.2) is 35.0 Å². The number of aliphatic carboxylic acids is 1. The maximum atomic E-state index is 12.7. The average Bonchev–Trinajstić information content (AvgIpc) is 2.52. The van der Waals surface area contributed by atoms with Crippen LogP contribution in [0.5, 0.6) is 5.75 Å². The number of carbonyl (C=O) groups excluding carboxylic acids is 2. The topological polar surface area (TPSA) is 105 Å². The minimum absolute atomic E-state index is 0.109. The van der Waals surface area contributed by atoms with E-state index in [0.717, 1.165) is 0 Å². The molecule has 130 valence electrons. The van der Waals surface area contributed by atoms with Crippen molar-refractivity contribution in [2.75, 3.05) is 11.9 Å². The molecule has 0 atom stereocenters. The van der Waals surface area contributed by atoms with Crippen LogP contribution in [0.1, 0.15) is 43.5 Å². The predicted octanol–water partition coefficient (Wildman–Crippen LogP) is 2.54. The Morgan fingerprint density at radius 1 is 1.38 bits per heavy atom. The Kier molecular flexibility index (Phi) is 5.48. The van der Waals surface area contributed by atoms with Gasteiger partial charge in [0.15, 0.2) is 6.61 Å². The normalized spacial score (nSPS) is 13.5. The lowest BCUT2D eigenvalue weighted by molar-refractivity contribution is -0.138. The highest BCUT2D eigenvalue weighted by Gasteiger charge is 2.32. The van der Waals surface area contributed by atoms with E-state index in [4.69, 9.17) is 9.84 Å². The van der Waals surface area contributed by atoms with Crippen LogP contribution in [0.25, 0.3) is 0 Å². The molecule has 24 heavy (non-hydrogen) atoms. The van der Waals surface area contributed by atoms with Crippen LogP contribution >= 0.6 is 15.9 Å². The second kappa shape index (κ2) is 7.21. The molecule has 0 radical (unpaired) electrons. The third-order valence-corrected chi connectivity index (χ3v) is 4.82. The van der Waals surface area contributed by atoms with E-state index in [9.17, 15) is 14.4 Å². The van der Waals surface area contributed by atoms with Crippen molar-refractivity contribution in [3.63, 3.8) is 0 Å². The summed E-state index contributed by atoms with van der Waals surface area (Å²) in [5.74, 6) is -1.21. The first kappa shape index (κ1) is 18.3. The largest absolute Gasteiger partial charge is 0.482 e.